The van der Waals surface area contributed by atoms with Crippen LogP contribution in [0.5, 0.6) is 6.01 Å². The molecule has 2 aromatic heterocycles. The van der Waals surface area contributed by atoms with Crippen LogP contribution in [-0.4, -0.2) is 76.9 Å². The minimum Gasteiger partial charge on any atom is -0.459 e. The lowest BCUT2D eigenvalue weighted by atomic mass is 10.0. The van der Waals surface area contributed by atoms with E-state index in [2.05, 4.69) is 25.1 Å². The first kappa shape index (κ1) is 27.9. The molecule has 4 aromatic rings. The number of likely N-dealkylation sites (tertiary alicyclic amines) is 1. The molecule has 13 heteroatoms. The number of rotatable bonds is 6. The van der Waals surface area contributed by atoms with Crippen LogP contribution in [0.15, 0.2) is 18.2 Å². The van der Waals surface area contributed by atoms with Crippen molar-refractivity contribution >= 4 is 55.0 Å². The second-order valence-electron chi connectivity index (χ2n) is 11.5. The third-order valence-corrected chi connectivity index (χ3v) is 9.67. The van der Waals surface area contributed by atoms with Crippen LogP contribution < -0.4 is 20.7 Å². The van der Waals surface area contributed by atoms with Gasteiger partial charge in [-0.2, -0.15) is 9.97 Å². The molecule has 3 aliphatic heterocycles. The summed E-state index contributed by atoms with van der Waals surface area (Å²) in [5.41, 5.74) is 6.59. The number of piperidine rings is 1. The number of halogens is 4. The number of fused-ring (bicyclic) bond motifs is 4. The van der Waals surface area contributed by atoms with Crippen molar-refractivity contribution in [2.45, 2.75) is 57.0 Å². The Morgan fingerprint density at radius 1 is 1.10 bits per heavy atom. The summed E-state index contributed by atoms with van der Waals surface area (Å²) in [6.07, 6.45) is 2.07. The summed E-state index contributed by atoms with van der Waals surface area (Å²) in [4.78, 5) is 17.9. The summed E-state index contributed by atoms with van der Waals surface area (Å²) < 4.78 is 51.3. The Hall–Kier alpha value is -2.93. The lowest BCUT2D eigenvalue weighted by Crippen LogP contribution is -2.51. The van der Waals surface area contributed by atoms with Gasteiger partial charge in [-0.05, 0) is 50.8 Å². The number of alkyl halides is 1. The predicted molar refractivity (Wildman–Crippen MR) is 160 cm³/mol. The molecule has 2 bridgehead atoms. The van der Waals surface area contributed by atoms with Gasteiger partial charge in [0.05, 0.1) is 15.2 Å². The summed E-state index contributed by atoms with van der Waals surface area (Å²) in [5, 5.41) is 4.40. The average molecular weight is 618 g/mol. The summed E-state index contributed by atoms with van der Waals surface area (Å²) >= 11 is 7.77. The minimum atomic E-state index is -0.759. The molecular formula is C29H31ClF3N7OS. The second-order valence-corrected chi connectivity index (χ2v) is 13.0. The molecule has 222 valence electrons. The Kier molecular flexibility index (Phi) is 7.28. The largest absolute Gasteiger partial charge is 0.459 e. The molecule has 42 heavy (non-hydrogen) atoms. The number of nitrogen functional groups attached to an aromatic ring is 1. The van der Waals surface area contributed by atoms with Crippen molar-refractivity contribution in [3.05, 3.63) is 34.9 Å². The summed E-state index contributed by atoms with van der Waals surface area (Å²) in [5.74, 6) is -0.590. The highest BCUT2D eigenvalue weighted by atomic mass is 35.5. The van der Waals surface area contributed by atoms with Gasteiger partial charge in [0.15, 0.2) is 10.9 Å². The number of anilines is 2. The first-order chi connectivity index (χ1) is 20.2. The van der Waals surface area contributed by atoms with Gasteiger partial charge in [0.1, 0.15) is 29.4 Å². The Labute approximate surface area is 250 Å². The maximum atomic E-state index is 16.6. The van der Waals surface area contributed by atoms with Gasteiger partial charge < -0.3 is 20.7 Å². The minimum absolute atomic E-state index is 0.0607. The van der Waals surface area contributed by atoms with E-state index in [0.717, 1.165) is 24.2 Å². The number of thiazole rings is 1. The van der Waals surface area contributed by atoms with Crippen molar-refractivity contribution in [3.63, 3.8) is 0 Å². The van der Waals surface area contributed by atoms with Gasteiger partial charge in [-0.25, -0.2) is 18.2 Å². The molecule has 3 saturated heterocycles. The van der Waals surface area contributed by atoms with Crippen LogP contribution in [0, 0.1) is 11.6 Å². The molecule has 3 aliphatic rings. The molecule has 2 aromatic carbocycles. The highest BCUT2D eigenvalue weighted by molar-refractivity contribution is 7.22. The van der Waals surface area contributed by atoms with Gasteiger partial charge in [0.2, 0.25) is 0 Å². The second kappa shape index (κ2) is 11.0. The number of benzene rings is 2. The molecule has 3 atom stereocenters. The lowest BCUT2D eigenvalue weighted by Gasteiger charge is -2.34. The fraction of sp³-hybridized carbons (Fsp3) is 0.483. The third kappa shape index (κ3) is 5.12. The van der Waals surface area contributed by atoms with Crippen molar-refractivity contribution in [1.29, 1.82) is 0 Å². The van der Waals surface area contributed by atoms with E-state index in [0.29, 0.717) is 74.4 Å². The van der Waals surface area contributed by atoms with Gasteiger partial charge in [0, 0.05) is 61.3 Å². The number of nitrogens with two attached hydrogens (primary N) is 1. The fourth-order valence-corrected chi connectivity index (χ4v) is 7.59. The van der Waals surface area contributed by atoms with E-state index in [1.165, 1.54) is 12.1 Å². The zero-order chi connectivity index (χ0) is 29.1. The molecule has 8 nitrogen and oxygen atoms in total. The smallest absolute Gasteiger partial charge is 0.319 e. The van der Waals surface area contributed by atoms with E-state index in [1.807, 2.05) is 6.92 Å². The maximum Gasteiger partial charge on any atom is 0.319 e. The molecule has 0 aliphatic carbocycles. The summed E-state index contributed by atoms with van der Waals surface area (Å²) in [7, 11) is 0. The van der Waals surface area contributed by atoms with Crippen molar-refractivity contribution in [2.75, 3.05) is 43.4 Å². The first-order valence-electron chi connectivity index (χ1n) is 14.3. The SMILES string of the molecule is C[C@@H](CN1CCC(F)CC1)Oc1nc(N2CC3CCC(C2)N3)c2cc(Cl)c(-c3ccc(F)c4sc(N)nc34)c(F)c2n1. The number of aromatic nitrogens is 3. The standard InChI is InChI=1S/C29H31ClF3N7OS/c1-14(11-39-8-6-15(31)7-9-39)41-29-37-24-19(27(38-29)40-12-16-2-3-17(13-40)35-16)10-20(30)22(23(24)33)18-4-5-21(32)26-25(18)36-28(34)42-26/h4-5,10,14-17,35H,2-3,6-9,11-13H2,1H3,(H2,34,36)/t14-,16?,17?/m0/s1. The molecule has 7 rings (SSSR count). The van der Waals surface area contributed by atoms with Gasteiger partial charge in [-0.1, -0.05) is 22.9 Å². The molecular weight excluding hydrogens is 587 g/mol. The van der Waals surface area contributed by atoms with Gasteiger partial charge in [-0.15, -0.1) is 0 Å². The normalized spacial score (nSPS) is 22.4. The number of nitrogens with zero attached hydrogens (tertiary/aromatic N) is 5. The molecule has 3 N–H and O–H groups in total. The molecule has 3 fully saturated rings. The van der Waals surface area contributed by atoms with E-state index in [-0.39, 0.29) is 43.6 Å². The summed E-state index contributed by atoms with van der Waals surface area (Å²) in [6.45, 7) is 5.23. The number of hydrogen-bond donors (Lipinski definition) is 2. The fourth-order valence-electron chi connectivity index (χ4n) is 6.53. The summed E-state index contributed by atoms with van der Waals surface area (Å²) in [6, 6.07) is 5.09. The topological polar surface area (TPSA) is 92.4 Å². The van der Waals surface area contributed by atoms with Crippen LogP contribution in [0.4, 0.5) is 24.1 Å². The van der Waals surface area contributed by atoms with Gasteiger partial charge >= 0.3 is 6.01 Å². The Balaban J connectivity index is 1.32. The van der Waals surface area contributed by atoms with E-state index in [4.69, 9.17) is 27.1 Å². The average Bonchev–Trinajstić information content (AvgIpc) is 3.52. The zero-order valence-corrected chi connectivity index (χ0v) is 24.6. The van der Waals surface area contributed by atoms with Crippen LogP contribution in [0.1, 0.15) is 32.6 Å². The number of ether oxygens (including phenoxy) is 1. The lowest BCUT2D eigenvalue weighted by molar-refractivity contribution is 0.0965. The number of nitrogens with one attached hydrogen (secondary N) is 1. The maximum absolute atomic E-state index is 16.6. The molecule has 0 radical (unpaired) electrons. The predicted octanol–water partition coefficient (Wildman–Crippen LogP) is 5.56. The van der Waals surface area contributed by atoms with Crippen LogP contribution in [0.3, 0.4) is 0 Å². The molecule has 2 unspecified atom stereocenters. The van der Waals surface area contributed by atoms with Gasteiger partial charge in [0.25, 0.3) is 0 Å². The first-order valence-corrected chi connectivity index (χ1v) is 15.5. The van der Waals surface area contributed by atoms with Crippen LogP contribution in [-0.2, 0) is 0 Å². The highest BCUT2D eigenvalue weighted by Gasteiger charge is 2.34. The third-order valence-electron chi connectivity index (χ3n) is 8.48. The van der Waals surface area contributed by atoms with E-state index < -0.39 is 17.8 Å². The number of hydrogen-bond acceptors (Lipinski definition) is 9. The van der Waals surface area contributed by atoms with Crippen molar-refractivity contribution in [3.8, 4) is 17.1 Å². The van der Waals surface area contributed by atoms with Crippen molar-refractivity contribution < 1.29 is 17.9 Å². The zero-order valence-electron chi connectivity index (χ0n) is 23.0. The van der Waals surface area contributed by atoms with Crippen LogP contribution in [0.2, 0.25) is 5.02 Å². The quantitative estimate of drug-likeness (QED) is 0.291. The van der Waals surface area contributed by atoms with Crippen molar-refractivity contribution in [1.82, 2.24) is 25.2 Å². The molecule has 0 amide bonds. The monoisotopic (exact) mass is 617 g/mol. The Morgan fingerprint density at radius 3 is 2.57 bits per heavy atom. The highest BCUT2D eigenvalue weighted by Crippen LogP contribution is 2.43. The van der Waals surface area contributed by atoms with E-state index in [9.17, 15) is 8.78 Å². The van der Waals surface area contributed by atoms with E-state index in [1.54, 1.807) is 6.07 Å². The Bertz CT molecular complexity index is 1650. The van der Waals surface area contributed by atoms with E-state index >= 15 is 4.39 Å². The van der Waals surface area contributed by atoms with Crippen LogP contribution >= 0.6 is 22.9 Å². The van der Waals surface area contributed by atoms with Gasteiger partial charge in [-0.3, -0.25) is 4.90 Å². The number of piperazine rings is 1. The molecule has 5 heterocycles. The Morgan fingerprint density at radius 2 is 1.83 bits per heavy atom. The molecule has 0 saturated carbocycles. The van der Waals surface area contributed by atoms with Crippen molar-refractivity contribution in [2.24, 2.45) is 0 Å². The van der Waals surface area contributed by atoms with Crippen LogP contribution in [0.25, 0.3) is 32.2 Å². The molecule has 0 spiro atoms.